The molecule has 1 aliphatic rings. The number of anilines is 1. The summed E-state index contributed by atoms with van der Waals surface area (Å²) in [5.74, 6) is 0.0440. The van der Waals surface area contributed by atoms with Crippen molar-refractivity contribution in [3.05, 3.63) is 59.9 Å². The molecular formula is C21H26FN3O3S. The van der Waals surface area contributed by atoms with Crippen molar-refractivity contribution in [2.45, 2.75) is 18.7 Å². The smallest absolute Gasteiger partial charge is 0.261 e. The number of sulfonamides is 1. The lowest BCUT2D eigenvalue weighted by atomic mass is 10.1. The number of hydrogen-bond donors (Lipinski definition) is 1. The zero-order valence-electron chi connectivity index (χ0n) is 16.6. The van der Waals surface area contributed by atoms with E-state index in [0.29, 0.717) is 30.3 Å². The zero-order chi connectivity index (χ0) is 21.0. The predicted molar refractivity (Wildman–Crippen MR) is 111 cm³/mol. The first-order chi connectivity index (χ1) is 13.7. The van der Waals surface area contributed by atoms with Crippen LogP contribution in [0.25, 0.3) is 0 Å². The van der Waals surface area contributed by atoms with Crippen LogP contribution in [0.3, 0.4) is 0 Å². The average Bonchev–Trinajstić information content (AvgIpc) is 2.68. The molecule has 0 atom stereocenters. The summed E-state index contributed by atoms with van der Waals surface area (Å²) in [4.78, 5) is 16.9. The van der Waals surface area contributed by atoms with Crippen LogP contribution in [-0.2, 0) is 10.0 Å². The molecule has 1 aliphatic heterocycles. The van der Waals surface area contributed by atoms with Gasteiger partial charge in [-0.1, -0.05) is 13.8 Å². The first kappa shape index (κ1) is 21.3. The van der Waals surface area contributed by atoms with Gasteiger partial charge >= 0.3 is 0 Å². The number of halogens is 1. The number of amides is 1. The van der Waals surface area contributed by atoms with Crippen molar-refractivity contribution in [2.75, 3.05) is 37.4 Å². The average molecular weight is 420 g/mol. The van der Waals surface area contributed by atoms with E-state index in [0.717, 1.165) is 31.8 Å². The van der Waals surface area contributed by atoms with Gasteiger partial charge in [0.2, 0.25) is 0 Å². The fourth-order valence-electron chi connectivity index (χ4n) is 3.34. The highest BCUT2D eigenvalue weighted by molar-refractivity contribution is 7.92. The van der Waals surface area contributed by atoms with Gasteiger partial charge in [0.15, 0.2) is 0 Å². The van der Waals surface area contributed by atoms with E-state index >= 15 is 0 Å². The Balaban J connectivity index is 1.61. The minimum atomic E-state index is -3.82. The van der Waals surface area contributed by atoms with Crippen molar-refractivity contribution in [1.29, 1.82) is 0 Å². The van der Waals surface area contributed by atoms with Crippen LogP contribution in [-0.4, -0.2) is 56.8 Å². The SMILES string of the molecule is CC(C)CN1CCN(C(=O)c2ccc(NS(=O)(=O)c3ccc(F)cc3)cc2)CC1. The van der Waals surface area contributed by atoms with Crippen LogP contribution in [0.1, 0.15) is 24.2 Å². The molecule has 0 saturated carbocycles. The third kappa shape index (κ3) is 5.55. The molecule has 1 fully saturated rings. The Morgan fingerprint density at radius 2 is 1.59 bits per heavy atom. The highest BCUT2D eigenvalue weighted by atomic mass is 32.2. The van der Waals surface area contributed by atoms with Crippen molar-refractivity contribution in [2.24, 2.45) is 5.92 Å². The van der Waals surface area contributed by atoms with Crippen molar-refractivity contribution < 1.29 is 17.6 Å². The van der Waals surface area contributed by atoms with Crippen LogP contribution < -0.4 is 4.72 Å². The lowest BCUT2D eigenvalue weighted by Crippen LogP contribution is -2.49. The molecule has 2 aromatic rings. The minimum Gasteiger partial charge on any atom is -0.336 e. The third-order valence-electron chi connectivity index (χ3n) is 4.79. The van der Waals surface area contributed by atoms with Crippen molar-refractivity contribution >= 4 is 21.6 Å². The number of carbonyl (C=O) groups is 1. The van der Waals surface area contributed by atoms with Crippen molar-refractivity contribution in [1.82, 2.24) is 9.80 Å². The maximum atomic E-state index is 13.0. The standard InChI is InChI=1S/C21H26FN3O3S/c1-16(2)15-24-11-13-25(14-12-24)21(26)17-3-7-19(8-4-17)23-29(27,28)20-9-5-18(22)6-10-20/h3-10,16,23H,11-15H2,1-2H3. The maximum absolute atomic E-state index is 13.0. The molecular weight excluding hydrogens is 393 g/mol. The first-order valence-electron chi connectivity index (χ1n) is 9.65. The maximum Gasteiger partial charge on any atom is 0.261 e. The number of benzene rings is 2. The molecule has 1 N–H and O–H groups in total. The Kier molecular flexibility index (Phi) is 6.54. The third-order valence-corrected chi connectivity index (χ3v) is 6.19. The van der Waals surface area contributed by atoms with Gasteiger partial charge in [-0.3, -0.25) is 14.4 Å². The molecule has 1 saturated heterocycles. The quantitative estimate of drug-likeness (QED) is 0.781. The number of piperazine rings is 1. The van der Waals surface area contributed by atoms with E-state index in [4.69, 9.17) is 0 Å². The van der Waals surface area contributed by atoms with Gasteiger partial charge in [0.1, 0.15) is 5.82 Å². The molecule has 29 heavy (non-hydrogen) atoms. The molecule has 1 amide bonds. The number of nitrogens with one attached hydrogen (secondary N) is 1. The topological polar surface area (TPSA) is 69.7 Å². The normalized spacial score (nSPS) is 15.5. The second-order valence-corrected chi connectivity index (χ2v) is 9.31. The molecule has 3 rings (SSSR count). The Labute approximate surface area is 171 Å². The molecule has 0 unspecified atom stereocenters. The van der Waals surface area contributed by atoms with Crippen LogP contribution in [0.5, 0.6) is 0 Å². The molecule has 1 heterocycles. The van der Waals surface area contributed by atoms with Gasteiger partial charge in [0, 0.05) is 44.0 Å². The van der Waals surface area contributed by atoms with Crippen LogP contribution in [0.4, 0.5) is 10.1 Å². The van der Waals surface area contributed by atoms with E-state index < -0.39 is 15.8 Å². The fourth-order valence-corrected chi connectivity index (χ4v) is 4.40. The summed E-state index contributed by atoms with van der Waals surface area (Å²) >= 11 is 0. The molecule has 6 nitrogen and oxygen atoms in total. The van der Waals surface area contributed by atoms with E-state index in [9.17, 15) is 17.6 Å². The van der Waals surface area contributed by atoms with E-state index in [-0.39, 0.29) is 10.8 Å². The molecule has 156 valence electrons. The number of hydrogen-bond acceptors (Lipinski definition) is 4. The molecule has 0 aromatic heterocycles. The van der Waals surface area contributed by atoms with Gasteiger partial charge in [-0.05, 0) is 54.4 Å². The van der Waals surface area contributed by atoms with Crippen LogP contribution in [0.15, 0.2) is 53.4 Å². The minimum absolute atomic E-state index is 0.0293. The summed E-state index contributed by atoms with van der Waals surface area (Å²) in [6.45, 7) is 8.49. The second-order valence-electron chi connectivity index (χ2n) is 7.62. The zero-order valence-corrected chi connectivity index (χ0v) is 17.5. The fraction of sp³-hybridized carbons (Fsp3) is 0.381. The summed E-state index contributed by atoms with van der Waals surface area (Å²) in [7, 11) is -3.82. The van der Waals surface area contributed by atoms with Gasteiger partial charge in [-0.25, -0.2) is 12.8 Å². The molecule has 0 radical (unpaired) electrons. The molecule has 0 aliphatic carbocycles. The van der Waals surface area contributed by atoms with E-state index in [1.807, 2.05) is 4.90 Å². The Morgan fingerprint density at radius 1 is 1.00 bits per heavy atom. The molecule has 0 spiro atoms. The predicted octanol–water partition coefficient (Wildman–Crippen LogP) is 3.04. The largest absolute Gasteiger partial charge is 0.336 e. The van der Waals surface area contributed by atoms with Crippen molar-refractivity contribution in [3.63, 3.8) is 0 Å². The monoisotopic (exact) mass is 419 g/mol. The number of rotatable bonds is 6. The van der Waals surface area contributed by atoms with E-state index in [1.165, 1.54) is 12.1 Å². The van der Waals surface area contributed by atoms with Crippen LogP contribution in [0.2, 0.25) is 0 Å². The van der Waals surface area contributed by atoms with Gasteiger partial charge in [-0.15, -0.1) is 0 Å². The van der Waals surface area contributed by atoms with Gasteiger partial charge in [-0.2, -0.15) is 0 Å². The van der Waals surface area contributed by atoms with Crippen molar-refractivity contribution in [3.8, 4) is 0 Å². The number of carbonyl (C=O) groups excluding carboxylic acids is 1. The van der Waals surface area contributed by atoms with E-state index in [2.05, 4.69) is 23.5 Å². The van der Waals surface area contributed by atoms with Gasteiger partial charge in [0.05, 0.1) is 4.90 Å². The summed E-state index contributed by atoms with van der Waals surface area (Å²) in [6, 6.07) is 10.9. The summed E-state index contributed by atoms with van der Waals surface area (Å²) < 4.78 is 40.2. The van der Waals surface area contributed by atoms with Crippen LogP contribution >= 0.6 is 0 Å². The van der Waals surface area contributed by atoms with Crippen LogP contribution in [0, 0.1) is 11.7 Å². The Hall–Kier alpha value is -2.45. The molecule has 2 aromatic carbocycles. The molecule has 8 heteroatoms. The Morgan fingerprint density at radius 3 is 2.14 bits per heavy atom. The summed E-state index contributed by atoms with van der Waals surface area (Å²) in [5, 5.41) is 0. The van der Waals surface area contributed by atoms with Gasteiger partial charge < -0.3 is 4.90 Å². The highest BCUT2D eigenvalue weighted by Crippen LogP contribution is 2.18. The summed E-state index contributed by atoms with van der Waals surface area (Å²) in [6.07, 6.45) is 0. The molecule has 0 bridgehead atoms. The second kappa shape index (κ2) is 8.92. The first-order valence-corrected chi connectivity index (χ1v) is 11.1. The summed E-state index contributed by atoms with van der Waals surface area (Å²) in [5.41, 5.74) is 0.861. The lowest BCUT2D eigenvalue weighted by molar-refractivity contribution is 0.0624. The lowest BCUT2D eigenvalue weighted by Gasteiger charge is -2.35. The number of nitrogens with zero attached hydrogens (tertiary/aromatic N) is 2. The highest BCUT2D eigenvalue weighted by Gasteiger charge is 2.22. The Bertz CT molecular complexity index is 936. The van der Waals surface area contributed by atoms with Gasteiger partial charge in [0.25, 0.3) is 15.9 Å². The van der Waals surface area contributed by atoms with E-state index in [1.54, 1.807) is 24.3 Å².